The van der Waals surface area contributed by atoms with Gasteiger partial charge in [-0.1, -0.05) is 12.1 Å². The van der Waals surface area contributed by atoms with Gasteiger partial charge in [0.15, 0.2) is 0 Å². The van der Waals surface area contributed by atoms with Crippen LogP contribution in [0.5, 0.6) is 5.75 Å². The van der Waals surface area contributed by atoms with Gasteiger partial charge < -0.3 is 9.57 Å². The van der Waals surface area contributed by atoms with E-state index in [1.54, 1.807) is 7.11 Å². The largest absolute Gasteiger partial charge is 0.496 e. The van der Waals surface area contributed by atoms with Crippen LogP contribution in [-0.4, -0.2) is 13.7 Å². The Hall–Kier alpha value is -1.06. The molecule has 0 spiro atoms. The standard InChI is InChI=1S/C11H17NO2/c1-8-4-5-10(6-7-14-12)9(2)11(8)13-3/h4-5H,6-7,12H2,1-3H3. The molecule has 1 rings (SSSR count). The van der Waals surface area contributed by atoms with E-state index >= 15 is 0 Å². The van der Waals surface area contributed by atoms with Gasteiger partial charge in [0.25, 0.3) is 0 Å². The van der Waals surface area contributed by atoms with Gasteiger partial charge in [0, 0.05) is 0 Å². The van der Waals surface area contributed by atoms with E-state index in [2.05, 4.69) is 23.9 Å². The van der Waals surface area contributed by atoms with Crippen molar-refractivity contribution in [3.8, 4) is 5.75 Å². The Morgan fingerprint density at radius 3 is 2.57 bits per heavy atom. The van der Waals surface area contributed by atoms with E-state index in [1.165, 1.54) is 11.1 Å². The lowest BCUT2D eigenvalue weighted by Gasteiger charge is -2.12. The second-order valence-corrected chi connectivity index (χ2v) is 3.32. The third kappa shape index (κ3) is 2.25. The van der Waals surface area contributed by atoms with E-state index in [9.17, 15) is 0 Å². The second-order valence-electron chi connectivity index (χ2n) is 3.32. The van der Waals surface area contributed by atoms with Gasteiger partial charge in [0.2, 0.25) is 0 Å². The van der Waals surface area contributed by atoms with E-state index in [-0.39, 0.29) is 0 Å². The lowest BCUT2D eigenvalue weighted by Crippen LogP contribution is -2.05. The number of rotatable bonds is 4. The molecule has 0 saturated heterocycles. The summed E-state index contributed by atoms with van der Waals surface area (Å²) in [4.78, 5) is 4.56. The summed E-state index contributed by atoms with van der Waals surface area (Å²) in [6.07, 6.45) is 0.818. The molecule has 1 aromatic rings. The van der Waals surface area contributed by atoms with E-state index in [0.717, 1.165) is 17.7 Å². The average molecular weight is 195 g/mol. The van der Waals surface area contributed by atoms with Gasteiger partial charge in [0.05, 0.1) is 13.7 Å². The molecule has 78 valence electrons. The van der Waals surface area contributed by atoms with Crippen LogP contribution in [0.1, 0.15) is 16.7 Å². The summed E-state index contributed by atoms with van der Waals surface area (Å²) in [5.74, 6) is 5.95. The van der Waals surface area contributed by atoms with Crippen LogP contribution < -0.4 is 10.6 Å². The van der Waals surface area contributed by atoms with Crippen LogP contribution in [0.15, 0.2) is 12.1 Å². The smallest absolute Gasteiger partial charge is 0.124 e. The highest BCUT2D eigenvalue weighted by Gasteiger charge is 2.07. The summed E-state index contributed by atoms with van der Waals surface area (Å²) in [7, 11) is 1.69. The Morgan fingerprint density at radius 2 is 2.00 bits per heavy atom. The van der Waals surface area contributed by atoms with Crippen LogP contribution in [0.3, 0.4) is 0 Å². The molecule has 0 heterocycles. The zero-order chi connectivity index (χ0) is 10.6. The number of methoxy groups -OCH3 is 1. The van der Waals surface area contributed by atoms with Gasteiger partial charge in [-0.25, -0.2) is 5.90 Å². The van der Waals surface area contributed by atoms with E-state index < -0.39 is 0 Å². The summed E-state index contributed by atoms with van der Waals surface area (Å²) in [6, 6.07) is 4.14. The molecule has 0 unspecified atom stereocenters. The summed E-state index contributed by atoms with van der Waals surface area (Å²) in [5.41, 5.74) is 3.55. The van der Waals surface area contributed by atoms with Crippen LogP contribution in [0, 0.1) is 13.8 Å². The third-order valence-electron chi connectivity index (χ3n) is 2.41. The normalized spacial score (nSPS) is 10.3. The van der Waals surface area contributed by atoms with Crippen molar-refractivity contribution in [3.05, 3.63) is 28.8 Å². The van der Waals surface area contributed by atoms with Crippen molar-refractivity contribution in [1.82, 2.24) is 0 Å². The van der Waals surface area contributed by atoms with Crippen molar-refractivity contribution in [1.29, 1.82) is 0 Å². The molecule has 0 saturated carbocycles. The predicted molar refractivity (Wildman–Crippen MR) is 56.3 cm³/mol. The van der Waals surface area contributed by atoms with Gasteiger partial charge in [0.1, 0.15) is 5.75 Å². The third-order valence-corrected chi connectivity index (χ3v) is 2.41. The number of nitrogens with two attached hydrogens (primary N) is 1. The molecule has 0 aliphatic rings. The highest BCUT2D eigenvalue weighted by Crippen LogP contribution is 2.25. The van der Waals surface area contributed by atoms with Gasteiger partial charge in [-0.05, 0) is 37.0 Å². The van der Waals surface area contributed by atoms with Gasteiger partial charge in [-0.2, -0.15) is 0 Å². The van der Waals surface area contributed by atoms with E-state index in [1.807, 2.05) is 6.92 Å². The van der Waals surface area contributed by atoms with Crippen LogP contribution in [0.4, 0.5) is 0 Å². The first kappa shape index (κ1) is 11.0. The van der Waals surface area contributed by atoms with Crippen LogP contribution in [0.25, 0.3) is 0 Å². The van der Waals surface area contributed by atoms with Crippen molar-refractivity contribution >= 4 is 0 Å². The molecule has 0 aromatic heterocycles. The highest BCUT2D eigenvalue weighted by molar-refractivity contribution is 5.45. The lowest BCUT2D eigenvalue weighted by molar-refractivity contribution is 0.141. The van der Waals surface area contributed by atoms with Gasteiger partial charge in [-0.15, -0.1) is 0 Å². The maximum atomic E-state index is 5.32. The second kappa shape index (κ2) is 4.98. The minimum atomic E-state index is 0.535. The molecular formula is C11H17NO2. The molecule has 0 amide bonds. The molecule has 0 atom stereocenters. The summed E-state index contributed by atoms with van der Waals surface area (Å²) < 4.78 is 5.32. The molecule has 0 aliphatic carbocycles. The molecule has 2 N–H and O–H groups in total. The SMILES string of the molecule is COc1c(C)ccc(CCON)c1C. The van der Waals surface area contributed by atoms with Crippen molar-refractivity contribution in [2.45, 2.75) is 20.3 Å². The first-order chi connectivity index (χ1) is 6.70. The van der Waals surface area contributed by atoms with Gasteiger partial charge >= 0.3 is 0 Å². The average Bonchev–Trinajstić information content (AvgIpc) is 2.18. The Labute approximate surface area is 84.8 Å². The predicted octanol–water partition coefficient (Wildman–Crippen LogP) is 1.74. The maximum absolute atomic E-state index is 5.32. The zero-order valence-electron chi connectivity index (χ0n) is 8.96. The number of hydrogen-bond donors (Lipinski definition) is 1. The quantitative estimate of drug-likeness (QED) is 0.744. The van der Waals surface area contributed by atoms with Crippen LogP contribution in [-0.2, 0) is 11.3 Å². The summed E-state index contributed by atoms with van der Waals surface area (Å²) in [6.45, 7) is 4.62. The topological polar surface area (TPSA) is 44.5 Å². The number of ether oxygens (including phenoxy) is 1. The Bertz CT molecular complexity index is 310. The molecule has 3 nitrogen and oxygen atoms in total. The molecule has 0 bridgehead atoms. The van der Waals surface area contributed by atoms with E-state index in [4.69, 9.17) is 10.6 Å². The highest BCUT2D eigenvalue weighted by atomic mass is 16.6. The minimum absolute atomic E-state index is 0.535. The molecule has 1 aromatic carbocycles. The number of hydrogen-bond acceptors (Lipinski definition) is 3. The van der Waals surface area contributed by atoms with Crippen LogP contribution in [0.2, 0.25) is 0 Å². The Balaban J connectivity index is 2.96. The van der Waals surface area contributed by atoms with E-state index in [0.29, 0.717) is 6.61 Å². The first-order valence-electron chi connectivity index (χ1n) is 4.65. The minimum Gasteiger partial charge on any atom is -0.496 e. The van der Waals surface area contributed by atoms with Gasteiger partial charge in [-0.3, -0.25) is 0 Å². The monoisotopic (exact) mass is 195 g/mol. The molecule has 0 radical (unpaired) electrons. The lowest BCUT2D eigenvalue weighted by atomic mass is 10.0. The zero-order valence-corrected chi connectivity index (χ0v) is 8.96. The fourth-order valence-electron chi connectivity index (χ4n) is 1.62. The molecule has 0 aliphatic heterocycles. The molecule has 0 fully saturated rings. The Morgan fingerprint density at radius 1 is 1.29 bits per heavy atom. The fraction of sp³-hybridized carbons (Fsp3) is 0.455. The van der Waals surface area contributed by atoms with Crippen molar-refractivity contribution < 1.29 is 9.57 Å². The maximum Gasteiger partial charge on any atom is 0.124 e. The van der Waals surface area contributed by atoms with Crippen molar-refractivity contribution in [2.24, 2.45) is 5.90 Å². The molecule has 14 heavy (non-hydrogen) atoms. The molecule has 3 heteroatoms. The van der Waals surface area contributed by atoms with Crippen molar-refractivity contribution in [2.75, 3.05) is 13.7 Å². The first-order valence-corrected chi connectivity index (χ1v) is 4.65. The Kier molecular flexibility index (Phi) is 3.92. The van der Waals surface area contributed by atoms with Crippen LogP contribution >= 0.6 is 0 Å². The summed E-state index contributed by atoms with van der Waals surface area (Å²) >= 11 is 0. The number of benzene rings is 1. The number of aryl methyl sites for hydroxylation is 1. The molecular weight excluding hydrogens is 178 g/mol. The summed E-state index contributed by atoms with van der Waals surface area (Å²) in [5, 5.41) is 0. The fourth-order valence-corrected chi connectivity index (χ4v) is 1.62. The van der Waals surface area contributed by atoms with Crippen molar-refractivity contribution in [3.63, 3.8) is 0 Å².